The Morgan fingerprint density at radius 3 is 2.07 bits per heavy atom. The van der Waals surface area contributed by atoms with Gasteiger partial charge in [0.15, 0.2) is 0 Å². The van der Waals surface area contributed by atoms with Crippen LogP contribution >= 0.6 is 0 Å². The van der Waals surface area contributed by atoms with Gasteiger partial charge >= 0.3 is 0 Å². The van der Waals surface area contributed by atoms with Gasteiger partial charge in [0.1, 0.15) is 5.75 Å². The van der Waals surface area contributed by atoms with Crippen LogP contribution in [0.25, 0.3) is 0 Å². The number of hydrogen-bond acceptors (Lipinski definition) is 2. The highest BCUT2D eigenvalue weighted by Gasteiger charge is 2.53. The lowest BCUT2D eigenvalue weighted by atomic mass is 10.0. The van der Waals surface area contributed by atoms with Gasteiger partial charge in [-0.25, -0.2) is 0 Å². The Balaban J connectivity index is 2.20. The predicted octanol–water partition coefficient (Wildman–Crippen LogP) is 2.46. The molecule has 76 valence electrons. The van der Waals surface area contributed by atoms with E-state index >= 15 is 0 Å². The second kappa shape index (κ2) is 2.99. The standard InChI is InChI=1S/C12H17NO/c1-12(2)11(13(12)3)9-5-7-10(14-4)8-6-9/h5-8,11H,1-4H3. The van der Waals surface area contributed by atoms with Crippen LogP contribution in [-0.2, 0) is 0 Å². The van der Waals surface area contributed by atoms with Gasteiger partial charge in [0.2, 0.25) is 0 Å². The first-order valence-corrected chi connectivity index (χ1v) is 4.94. The van der Waals surface area contributed by atoms with E-state index in [0.717, 1.165) is 5.75 Å². The second-order valence-corrected chi connectivity index (χ2v) is 4.44. The zero-order valence-corrected chi connectivity index (χ0v) is 9.24. The monoisotopic (exact) mass is 191 g/mol. The topological polar surface area (TPSA) is 12.2 Å². The van der Waals surface area contributed by atoms with Gasteiger partial charge in [-0.15, -0.1) is 0 Å². The number of rotatable bonds is 2. The van der Waals surface area contributed by atoms with Crippen molar-refractivity contribution in [2.24, 2.45) is 0 Å². The minimum absolute atomic E-state index is 0.314. The molecule has 0 radical (unpaired) electrons. The van der Waals surface area contributed by atoms with Gasteiger partial charge in [0, 0.05) is 5.54 Å². The molecule has 2 heteroatoms. The third kappa shape index (κ3) is 1.30. The first-order valence-electron chi connectivity index (χ1n) is 4.94. The van der Waals surface area contributed by atoms with E-state index in [0.29, 0.717) is 11.6 Å². The Kier molecular flexibility index (Phi) is 2.04. The fourth-order valence-corrected chi connectivity index (χ4v) is 2.09. The molecule has 0 amide bonds. The highest BCUT2D eigenvalue weighted by molar-refractivity contribution is 5.34. The smallest absolute Gasteiger partial charge is 0.118 e. The highest BCUT2D eigenvalue weighted by atomic mass is 16.5. The third-order valence-corrected chi connectivity index (χ3v) is 3.33. The molecule has 0 spiro atoms. The minimum atomic E-state index is 0.314. The average molecular weight is 191 g/mol. The van der Waals surface area contributed by atoms with E-state index in [4.69, 9.17) is 4.74 Å². The lowest BCUT2D eigenvalue weighted by Crippen LogP contribution is -2.02. The largest absolute Gasteiger partial charge is 0.497 e. The van der Waals surface area contributed by atoms with Gasteiger partial charge in [-0.2, -0.15) is 0 Å². The summed E-state index contributed by atoms with van der Waals surface area (Å²) in [5.41, 5.74) is 1.69. The molecule has 2 rings (SSSR count). The maximum atomic E-state index is 5.13. The number of methoxy groups -OCH3 is 1. The summed E-state index contributed by atoms with van der Waals surface area (Å²) in [5, 5.41) is 0. The van der Waals surface area contributed by atoms with Crippen LogP contribution in [0.4, 0.5) is 0 Å². The minimum Gasteiger partial charge on any atom is -0.497 e. The van der Waals surface area contributed by atoms with E-state index in [9.17, 15) is 0 Å². The molecule has 1 fully saturated rings. The van der Waals surface area contributed by atoms with Crippen LogP contribution in [0.15, 0.2) is 24.3 Å². The Bertz CT molecular complexity index is 329. The van der Waals surface area contributed by atoms with Crippen molar-refractivity contribution in [2.75, 3.05) is 14.2 Å². The van der Waals surface area contributed by atoms with Crippen LogP contribution in [0, 0.1) is 0 Å². The number of ether oxygens (including phenoxy) is 1. The van der Waals surface area contributed by atoms with Gasteiger partial charge in [-0.05, 0) is 38.6 Å². The van der Waals surface area contributed by atoms with Crippen molar-refractivity contribution in [3.05, 3.63) is 29.8 Å². The van der Waals surface area contributed by atoms with Gasteiger partial charge in [-0.1, -0.05) is 12.1 Å². The van der Waals surface area contributed by atoms with Gasteiger partial charge in [0.25, 0.3) is 0 Å². The summed E-state index contributed by atoms with van der Waals surface area (Å²) in [5.74, 6) is 0.926. The van der Waals surface area contributed by atoms with Crippen LogP contribution in [-0.4, -0.2) is 24.6 Å². The molecule has 1 aliphatic heterocycles. The van der Waals surface area contributed by atoms with Crippen LogP contribution in [0.5, 0.6) is 5.75 Å². The Hall–Kier alpha value is -1.02. The number of hydrogen-bond donors (Lipinski definition) is 0. The normalized spacial score (nSPS) is 28.6. The molecule has 1 aliphatic rings. The molecule has 2 nitrogen and oxygen atoms in total. The van der Waals surface area contributed by atoms with Gasteiger partial charge < -0.3 is 4.74 Å². The molecule has 1 heterocycles. The molecule has 14 heavy (non-hydrogen) atoms. The van der Waals surface area contributed by atoms with E-state index in [1.54, 1.807) is 7.11 Å². The van der Waals surface area contributed by atoms with E-state index in [2.05, 4.69) is 37.9 Å². The van der Waals surface area contributed by atoms with E-state index in [1.807, 2.05) is 12.1 Å². The first-order chi connectivity index (χ1) is 6.57. The molecule has 0 aromatic heterocycles. The summed E-state index contributed by atoms with van der Waals surface area (Å²) < 4.78 is 5.13. The molecule has 0 aliphatic carbocycles. The summed E-state index contributed by atoms with van der Waals surface area (Å²) in [6.45, 7) is 4.53. The van der Waals surface area contributed by atoms with Gasteiger partial charge in [0.05, 0.1) is 13.2 Å². The molecular formula is C12H17NO. The van der Waals surface area contributed by atoms with Gasteiger partial charge in [-0.3, -0.25) is 4.90 Å². The lowest BCUT2D eigenvalue weighted by molar-refractivity contribution is 0.414. The summed E-state index contributed by atoms with van der Waals surface area (Å²) in [6.07, 6.45) is 0. The fourth-order valence-electron chi connectivity index (χ4n) is 2.09. The van der Waals surface area contributed by atoms with Crippen molar-refractivity contribution in [1.82, 2.24) is 4.90 Å². The maximum Gasteiger partial charge on any atom is 0.118 e. The molecule has 0 saturated carbocycles. The van der Waals surface area contributed by atoms with Crippen LogP contribution < -0.4 is 4.74 Å². The van der Waals surface area contributed by atoms with Crippen molar-refractivity contribution in [3.63, 3.8) is 0 Å². The number of likely N-dealkylation sites (N-methyl/N-ethyl adjacent to an activating group) is 1. The number of benzene rings is 1. The molecule has 2 unspecified atom stereocenters. The quantitative estimate of drug-likeness (QED) is 0.666. The van der Waals surface area contributed by atoms with Crippen molar-refractivity contribution in [3.8, 4) is 5.75 Å². The van der Waals surface area contributed by atoms with Crippen LogP contribution in [0.2, 0.25) is 0 Å². The predicted molar refractivity (Wildman–Crippen MR) is 57.6 cm³/mol. The molecule has 2 atom stereocenters. The molecule has 1 saturated heterocycles. The summed E-state index contributed by atoms with van der Waals surface area (Å²) in [4.78, 5) is 2.37. The Morgan fingerprint density at radius 2 is 1.71 bits per heavy atom. The average Bonchev–Trinajstić information content (AvgIpc) is 2.67. The zero-order valence-electron chi connectivity index (χ0n) is 9.24. The van der Waals surface area contributed by atoms with Crippen LogP contribution in [0.3, 0.4) is 0 Å². The van der Waals surface area contributed by atoms with Crippen molar-refractivity contribution in [2.45, 2.75) is 25.4 Å². The molecule has 1 aromatic carbocycles. The summed E-state index contributed by atoms with van der Waals surface area (Å²) in [6, 6.07) is 8.91. The lowest BCUT2D eigenvalue weighted by Gasteiger charge is -2.02. The molecule has 0 N–H and O–H groups in total. The van der Waals surface area contributed by atoms with E-state index in [1.165, 1.54) is 5.56 Å². The summed E-state index contributed by atoms with van der Waals surface area (Å²) in [7, 11) is 3.86. The summed E-state index contributed by atoms with van der Waals surface area (Å²) >= 11 is 0. The fraction of sp³-hybridized carbons (Fsp3) is 0.500. The Labute approximate surface area is 85.5 Å². The third-order valence-electron chi connectivity index (χ3n) is 3.33. The molecular weight excluding hydrogens is 174 g/mol. The van der Waals surface area contributed by atoms with Crippen molar-refractivity contribution >= 4 is 0 Å². The van der Waals surface area contributed by atoms with Crippen LogP contribution in [0.1, 0.15) is 25.5 Å². The highest BCUT2D eigenvalue weighted by Crippen LogP contribution is 2.51. The SMILES string of the molecule is COc1ccc(C2N(C)C2(C)C)cc1. The Morgan fingerprint density at radius 1 is 1.21 bits per heavy atom. The second-order valence-electron chi connectivity index (χ2n) is 4.44. The number of nitrogens with zero attached hydrogens (tertiary/aromatic N) is 1. The maximum absolute atomic E-state index is 5.13. The van der Waals surface area contributed by atoms with Crippen molar-refractivity contribution < 1.29 is 4.74 Å². The zero-order chi connectivity index (χ0) is 10.3. The van der Waals surface area contributed by atoms with E-state index in [-0.39, 0.29) is 0 Å². The molecule has 0 bridgehead atoms. The van der Waals surface area contributed by atoms with E-state index < -0.39 is 0 Å². The molecule has 1 aromatic rings. The van der Waals surface area contributed by atoms with Crippen molar-refractivity contribution in [1.29, 1.82) is 0 Å². The first kappa shape index (κ1) is 9.53.